The number of amides is 2. The highest BCUT2D eigenvalue weighted by molar-refractivity contribution is 6.05. The highest BCUT2D eigenvalue weighted by Gasteiger charge is 2.30. The summed E-state index contributed by atoms with van der Waals surface area (Å²) in [5, 5.41) is 14.2. The van der Waals surface area contributed by atoms with E-state index >= 15 is 0 Å². The fourth-order valence-electron chi connectivity index (χ4n) is 2.85. The molecule has 6 nitrogen and oxygen atoms in total. The molecule has 0 aromatic heterocycles. The van der Waals surface area contributed by atoms with E-state index in [0.29, 0.717) is 18.8 Å². The van der Waals surface area contributed by atoms with Crippen molar-refractivity contribution in [2.75, 3.05) is 36.9 Å². The number of anilines is 2. The van der Waals surface area contributed by atoms with Gasteiger partial charge in [0.2, 0.25) is 5.91 Å². The lowest BCUT2D eigenvalue weighted by Crippen LogP contribution is -2.35. The number of halogens is 3. The standard InChI is InChI=1S/C21H24F3N3O3/c1-2-9-27(10-11-28)14-19(29)25-17-7-3-5-15(12-17)20(30)26-18-8-4-6-16(13-18)21(22,23)24/h3-8,12-13,28H,2,9-11,14H2,1H3,(H,25,29)(H,26,30). The molecule has 0 atom stereocenters. The van der Waals surface area contributed by atoms with Crippen LogP contribution in [0.15, 0.2) is 48.5 Å². The third kappa shape index (κ3) is 7.16. The molecule has 0 saturated heterocycles. The molecule has 0 aliphatic carbocycles. The summed E-state index contributed by atoms with van der Waals surface area (Å²) in [6.07, 6.45) is -3.68. The predicted octanol–water partition coefficient (Wildman–Crippen LogP) is 3.60. The van der Waals surface area contributed by atoms with Gasteiger partial charge in [0.05, 0.1) is 18.7 Å². The fourth-order valence-corrected chi connectivity index (χ4v) is 2.85. The molecule has 162 valence electrons. The third-order valence-electron chi connectivity index (χ3n) is 4.18. The highest BCUT2D eigenvalue weighted by atomic mass is 19.4. The van der Waals surface area contributed by atoms with Crippen molar-refractivity contribution in [3.63, 3.8) is 0 Å². The molecule has 0 fully saturated rings. The Kier molecular flexibility index (Phi) is 8.37. The van der Waals surface area contributed by atoms with Crippen LogP contribution in [0.5, 0.6) is 0 Å². The number of carbonyl (C=O) groups excluding carboxylic acids is 2. The minimum Gasteiger partial charge on any atom is -0.395 e. The van der Waals surface area contributed by atoms with E-state index in [1.807, 2.05) is 6.92 Å². The quantitative estimate of drug-likeness (QED) is 0.576. The van der Waals surface area contributed by atoms with Gasteiger partial charge in [0.1, 0.15) is 0 Å². The first-order valence-corrected chi connectivity index (χ1v) is 9.44. The Morgan fingerprint density at radius 3 is 2.30 bits per heavy atom. The SMILES string of the molecule is CCCN(CCO)CC(=O)Nc1cccc(C(=O)Nc2cccc(C(F)(F)F)c2)c1. The van der Waals surface area contributed by atoms with Crippen molar-refractivity contribution in [3.8, 4) is 0 Å². The van der Waals surface area contributed by atoms with Crippen LogP contribution in [0.2, 0.25) is 0 Å². The molecule has 0 saturated carbocycles. The van der Waals surface area contributed by atoms with E-state index in [0.717, 1.165) is 18.6 Å². The van der Waals surface area contributed by atoms with Gasteiger partial charge in [0.15, 0.2) is 0 Å². The minimum atomic E-state index is -4.51. The molecule has 0 aliphatic heterocycles. The molecule has 0 radical (unpaired) electrons. The van der Waals surface area contributed by atoms with Gasteiger partial charge in [-0.1, -0.05) is 19.1 Å². The molecule has 0 heterocycles. The van der Waals surface area contributed by atoms with E-state index in [9.17, 15) is 22.8 Å². The van der Waals surface area contributed by atoms with E-state index in [-0.39, 0.29) is 30.3 Å². The molecule has 0 unspecified atom stereocenters. The van der Waals surface area contributed by atoms with Gasteiger partial charge < -0.3 is 15.7 Å². The van der Waals surface area contributed by atoms with Gasteiger partial charge in [-0.25, -0.2) is 0 Å². The van der Waals surface area contributed by atoms with Crippen LogP contribution in [0.3, 0.4) is 0 Å². The molecule has 0 spiro atoms. The minimum absolute atomic E-state index is 0.0171. The second-order valence-corrected chi connectivity index (χ2v) is 6.66. The maximum atomic E-state index is 12.8. The molecular formula is C21H24F3N3O3. The van der Waals surface area contributed by atoms with Crippen LogP contribution in [-0.4, -0.2) is 48.1 Å². The van der Waals surface area contributed by atoms with Crippen molar-refractivity contribution >= 4 is 23.2 Å². The number of aliphatic hydroxyl groups excluding tert-OH is 1. The normalized spacial score (nSPS) is 11.4. The number of benzene rings is 2. The van der Waals surface area contributed by atoms with Crippen LogP contribution in [0, 0.1) is 0 Å². The lowest BCUT2D eigenvalue weighted by Gasteiger charge is -2.19. The Morgan fingerprint density at radius 1 is 1.00 bits per heavy atom. The van der Waals surface area contributed by atoms with Gasteiger partial charge in [0.25, 0.3) is 5.91 Å². The van der Waals surface area contributed by atoms with Crippen molar-refractivity contribution in [1.29, 1.82) is 0 Å². The van der Waals surface area contributed by atoms with Crippen LogP contribution < -0.4 is 10.6 Å². The second-order valence-electron chi connectivity index (χ2n) is 6.66. The molecule has 0 bridgehead atoms. The Morgan fingerprint density at radius 2 is 1.67 bits per heavy atom. The van der Waals surface area contributed by atoms with E-state index in [2.05, 4.69) is 10.6 Å². The second kappa shape index (κ2) is 10.7. The van der Waals surface area contributed by atoms with Gasteiger partial charge >= 0.3 is 6.18 Å². The van der Waals surface area contributed by atoms with E-state index in [1.165, 1.54) is 24.3 Å². The van der Waals surface area contributed by atoms with Gasteiger partial charge in [-0.05, 0) is 49.4 Å². The summed E-state index contributed by atoms with van der Waals surface area (Å²) >= 11 is 0. The summed E-state index contributed by atoms with van der Waals surface area (Å²) in [6, 6.07) is 10.5. The number of nitrogens with one attached hydrogen (secondary N) is 2. The van der Waals surface area contributed by atoms with Crippen LogP contribution in [0.25, 0.3) is 0 Å². The Hall–Kier alpha value is -2.91. The van der Waals surface area contributed by atoms with Crippen LogP contribution in [-0.2, 0) is 11.0 Å². The number of rotatable bonds is 9. The summed E-state index contributed by atoms with van der Waals surface area (Å²) in [5.74, 6) is -0.898. The van der Waals surface area contributed by atoms with Gasteiger partial charge in [-0.15, -0.1) is 0 Å². The maximum Gasteiger partial charge on any atom is 0.416 e. The topological polar surface area (TPSA) is 81.7 Å². The molecule has 2 amide bonds. The smallest absolute Gasteiger partial charge is 0.395 e. The zero-order chi connectivity index (χ0) is 22.1. The molecule has 2 rings (SSSR count). The van der Waals surface area contributed by atoms with Crippen LogP contribution >= 0.6 is 0 Å². The zero-order valence-electron chi connectivity index (χ0n) is 16.5. The molecule has 0 aliphatic rings. The highest BCUT2D eigenvalue weighted by Crippen LogP contribution is 2.30. The first-order chi connectivity index (χ1) is 14.2. The molecule has 2 aromatic carbocycles. The number of hydrogen-bond acceptors (Lipinski definition) is 4. The fraction of sp³-hybridized carbons (Fsp3) is 0.333. The maximum absolute atomic E-state index is 12.8. The Balaban J connectivity index is 2.04. The lowest BCUT2D eigenvalue weighted by molar-refractivity contribution is -0.137. The van der Waals surface area contributed by atoms with Crippen molar-refractivity contribution in [2.45, 2.75) is 19.5 Å². The van der Waals surface area contributed by atoms with Crippen molar-refractivity contribution in [1.82, 2.24) is 4.90 Å². The van der Waals surface area contributed by atoms with Crippen molar-refractivity contribution in [2.24, 2.45) is 0 Å². The summed E-state index contributed by atoms with van der Waals surface area (Å²) in [6.45, 7) is 3.04. The van der Waals surface area contributed by atoms with E-state index < -0.39 is 17.6 Å². The van der Waals surface area contributed by atoms with Gasteiger partial charge in [-0.3, -0.25) is 14.5 Å². The van der Waals surface area contributed by atoms with Crippen LogP contribution in [0.1, 0.15) is 29.3 Å². The van der Waals surface area contributed by atoms with Crippen molar-refractivity contribution in [3.05, 3.63) is 59.7 Å². The van der Waals surface area contributed by atoms with Gasteiger partial charge in [0, 0.05) is 23.5 Å². The molecule has 2 aromatic rings. The summed E-state index contributed by atoms with van der Waals surface area (Å²) in [7, 11) is 0. The zero-order valence-corrected chi connectivity index (χ0v) is 16.5. The average molecular weight is 423 g/mol. The lowest BCUT2D eigenvalue weighted by atomic mass is 10.1. The van der Waals surface area contributed by atoms with Crippen molar-refractivity contribution < 1.29 is 27.9 Å². The first-order valence-electron chi connectivity index (χ1n) is 9.44. The third-order valence-corrected chi connectivity index (χ3v) is 4.18. The average Bonchev–Trinajstić information content (AvgIpc) is 2.68. The van der Waals surface area contributed by atoms with Gasteiger partial charge in [-0.2, -0.15) is 13.2 Å². The number of alkyl halides is 3. The molecule has 3 N–H and O–H groups in total. The van der Waals surface area contributed by atoms with E-state index in [4.69, 9.17) is 5.11 Å². The number of nitrogens with zero attached hydrogens (tertiary/aromatic N) is 1. The largest absolute Gasteiger partial charge is 0.416 e. The number of carbonyl (C=O) groups is 2. The molecular weight excluding hydrogens is 399 g/mol. The Labute approximate surface area is 172 Å². The van der Waals surface area contributed by atoms with E-state index in [1.54, 1.807) is 17.0 Å². The number of hydrogen-bond donors (Lipinski definition) is 3. The molecule has 30 heavy (non-hydrogen) atoms. The first kappa shape index (κ1) is 23.4. The Bertz CT molecular complexity index is 866. The molecule has 9 heteroatoms. The predicted molar refractivity (Wildman–Crippen MR) is 108 cm³/mol. The summed E-state index contributed by atoms with van der Waals surface area (Å²) in [4.78, 5) is 26.5. The summed E-state index contributed by atoms with van der Waals surface area (Å²) < 4.78 is 38.5. The number of aliphatic hydroxyl groups is 1. The monoisotopic (exact) mass is 423 g/mol. The van der Waals surface area contributed by atoms with Crippen LogP contribution in [0.4, 0.5) is 24.5 Å². The summed E-state index contributed by atoms with van der Waals surface area (Å²) in [5.41, 5.74) is -0.271.